The number of nitrogen functional groups attached to an aromatic ring is 1. The van der Waals surface area contributed by atoms with E-state index in [2.05, 4.69) is 57.6 Å². The molecule has 3 aromatic rings. The molecule has 2 aliphatic heterocycles. The number of nitrogens with zero attached hydrogens (tertiary/aromatic N) is 2. The molecule has 1 amide bonds. The van der Waals surface area contributed by atoms with Gasteiger partial charge in [-0.3, -0.25) is 9.69 Å². The molecule has 5 heteroatoms. The van der Waals surface area contributed by atoms with Gasteiger partial charge in [-0.2, -0.15) is 0 Å². The fourth-order valence-electron chi connectivity index (χ4n) is 5.04. The first-order valence-electron chi connectivity index (χ1n) is 11.5. The number of piperazine rings is 1. The van der Waals surface area contributed by atoms with E-state index in [1.165, 1.54) is 5.69 Å². The number of rotatable bonds is 5. The van der Waals surface area contributed by atoms with E-state index in [9.17, 15) is 4.79 Å². The summed E-state index contributed by atoms with van der Waals surface area (Å²) in [7, 11) is 0. The van der Waals surface area contributed by atoms with Crippen LogP contribution in [0.4, 0.5) is 11.4 Å². The summed E-state index contributed by atoms with van der Waals surface area (Å²) in [4.78, 5) is 18.1. The lowest BCUT2D eigenvalue weighted by molar-refractivity contribution is -0.124. The first-order valence-corrected chi connectivity index (χ1v) is 11.5. The smallest absolute Gasteiger partial charge is 0.228 e. The van der Waals surface area contributed by atoms with Gasteiger partial charge in [0.2, 0.25) is 5.91 Å². The molecule has 0 radical (unpaired) electrons. The van der Waals surface area contributed by atoms with Crippen molar-refractivity contribution in [1.29, 1.82) is 0 Å². The Kier molecular flexibility index (Phi) is 5.82. The van der Waals surface area contributed by atoms with Crippen LogP contribution in [0.3, 0.4) is 0 Å². The quantitative estimate of drug-likeness (QED) is 0.610. The van der Waals surface area contributed by atoms with Gasteiger partial charge in [-0.05, 0) is 42.3 Å². The number of para-hydroxylation sites is 2. The fourth-order valence-corrected chi connectivity index (χ4v) is 5.04. The minimum absolute atomic E-state index is 0.0971. The van der Waals surface area contributed by atoms with Gasteiger partial charge < -0.3 is 16.0 Å². The molecule has 1 saturated heterocycles. The van der Waals surface area contributed by atoms with Gasteiger partial charge in [-0.1, -0.05) is 60.7 Å². The summed E-state index contributed by atoms with van der Waals surface area (Å²) in [6.07, 6.45) is 0.825. The molecule has 3 N–H and O–H groups in total. The maximum atomic E-state index is 13.2. The Labute approximate surface area is 189 Å². The van der Waals surface area contributed by atoms with E-state index < -0.39 is 0 Å². The zero-order valence-corrected chi connectivity index (χ0v) is 18.3. The molecule has 2 heterocycles. The third kappa shape index (κ3) is 4.08. The lowest BCUT2D eigenvalue weighted by Crippen LogP contribution is -2.47. The van der Waals surface area contributed by atoms with Crippen LogP contribution in [-0.2, 0) is 4.79 Å². The number of nitrogens with one attached hydrogen (secondary N) is 1. The Bertz CT molecular complexity index is 1080. The average molecular weight is 427 g/mol. The molecule has 0 aliphatic carbocycles. The van der Waals surface area contributed by atoms with Crippen LogP contribution in [0, 0.1) is 0 Å². The van der Waals surface area contributed by atoms with E-state index in [0.717, 1.165) is 55.8 Å². The van der Waals surface area contributed by atoms with E-state index >= 15 is 0 Å². The second-order valence-corrected chi connectivity index (χ2v) is 8.70. The third-order valence-corrected chi connectivity index (χ3v) is 6.82. The third-order valence-electron chi connectivity index (χ3n) is 6.82. The molecule has 2 atom stereocenters. The van der Waals surface area contributed by atoms with Crippen molar-refractivity contribution in [2.75, 3.05) is 43.4 Å². The number of amides is 1. The molecule has 164 valence electrons. The first kappa shape index (κ1) is 20.6. The largest absolute Gasteiger partial charge is 0.398 e. The van der Waals surface area contributed by atoms with Gasteiger partial charge in [0.05, 0.1) is 12.0 Å². The van der Waals surface area contributed by atoms with Gasteiger partial charge >= 0.3 is 0 Å². The van der Waals surface area contributed by atoms with Crippen LogP contribution < -0.4 is 16.0 Å². The monoisotopic (exact) mass is 426 g/mol. The molecule has 1 fully saturated rings. The van der Waals surface area contributed by atoms with Gasteiger partial charge in [0.15, 0.2) is 0 Å². The highest BCUT2D eigenvalue weighted by molar-refractivity contribution is 5.87. The van der Waals surface area contributed by atoms with E-state index in [1.807, 2.05) is 36.4 Å². The van der Waals surface area contributed by atoms with E-state index in [1.54, 1.807) is 0 Å². The van der Waals surface area contributed by atoms with Crippen molar-refractivity contribution in [3.8, 4) is 0 Å². The molecule has 5 nitrogen and oxygen atoms in total. The number of anilines is 2. The van der Waals surface area contributed by atoms with Gasteiger partial charge in [0, 0.05) is 43.1 Å². The predicted octanol–water partition coefficient (Wildman–Crippen LogP) is 3.78. The zero-order chi connectivity index (χ0) is 21.9. The van der Waals surface area contributed by atoms with Crippen LogP contribution in [0.2, 0.25) is 0 Å². The van der Waals surface area contributed by atoms with Crippen LogP contribution in [0.1, 0.15) is 35.1 Å². The summed E-state index contributed by atoms with van der Waals surface area (Å²) in [5.74, 6) is -0.0283. The minimum Gasteiger partial charge on any atom is -0.398 e. The Balaban J connectivity index is 1.27. The molecule has 0 spiro atoms. The molecule has 2 unspecified atom stereocenters. The topological polar surface area (TPSA) is 61.6 Å². The Morgan fingerprint density at radius 1 is 0.781 bits per heavy atom. The summed E-state index contributed by atoms with van der Waals surface area (Å²) in [5, 5.41) is 3.25. The van der Waals surface area contributed by atoms with Crippen molar-refractivity contribution in [2.24, 2.45) is 0 Å². The molecule has 5 rings (SSSR count). The highest BCUT2D eigenvalue weighted by atomic mass is 16.2. The standard InChI is InChI=1S/C27H30N4O/c28-25-13-7-6-12-24(25)26-22-11-5-4-10-21(22)23(27(32)29-26)14-15-30-16-18-31(19-17-30)20-8-2-1-3-9-20/h1-13,23,26H,14-19,28H2,(H,29,32). The lowest BCUT2D eigenvalue weighted by atomic mass is 9.81. The summed E-state index contributed by atoms with van der Waals surface area (Å²) >= 11 is 0. The number of carbonyl (C=O) groups is 1. The predicted molar refractivity (Wildman–Crippen MR) is 130 cm³/mol. The SMILES string of the molecule is Nc1ccccc1C1NC(=O)C(CCN2CCN(c3ccccc3)CC2)c2ccccc21. The van der Waals surface area contributed by atoms with Crippen molar-refractivity contribution in [2.45, 2.75) is 18.4 Å². The van der Waals surface area contributed by atoms with Gasteiger partial charge in [0.25, 0.3) is 0 Å². The van der Waals surface area contributed by atoms with E-state index in [4.69, 9.17) is 5.73 Å². The maximum absolute atomic E-state index is 13.2. The number of carbonyl (C=O) groups excluding carboxylic acids is 1. The van der Waals surface area contributed by atoms with Gasteiger partial charge in [-0.15, -0.1) is 0 Å². The van der Waals surface area contributed by atoms with Crippen LogP contribution >= 0.6 is 0 Å². The lowest BCUT2D eigenvalue weighted by Gasteiger charge is -2.37. The van der Waals surface area contributed by atoms with Gasteiger partial charge in [-0.25, -0.2) is 0 Å². The summed E-state index contributed by atoms with van der Waals surface area (Å²) in [5.41, 5.74) is 11.5. The number of fused-ring (bicyclic) bond motifs is 1. The zero-order valence-electron chi connectivity index (χ0n) is 18.3. The van der Waals surface area contributed by atoms with E-state index in [0.29, 0.717) is 5.69 Å². The molecule has 0 saturated carbocycles. The van der Waals surface area contributed by atoms with Crippen molar-refractivity contribution in [3.05, 3.63) is 95.6 Å². The first-order chi connectivity index (χ1) is 15.7. The Morgan fingerprint density at radius 2 is 1.41 bits per heavy atom. The highest BCUT2D eigenvalue weighted by Gasteiger charge is 2.34. The number of benzene rings is 3. The molecule has 32 heavy (non-hydrogen) atoms. The molecular formula is C27H30N4O. The number of hydrogen-bond acceptors (Lipinski definition) is 4. The maximum Gasteiger partial charge on any atom is 0.228 e. The van der Waals surface area contributed by atoms with Crippen LogP contribution in [0.25, 0.3) is 0 Å². The molecule has 3 aromatic carbocycles. The van der Waals surface area contributed by atoms with E-state index in [-0.39, 0.29) is 17.9 Å². The highest BCUT2D eigenvalue weighted by Crippen LogP contribution is 2.37. The fraction of sp³-hybridized carbons (Fsp3) is 0.296. The van der Waals surface area contributed by atoms with Crippen molar-refractivity contribution >= 4 is 17.3 Å². The second kappa shape index (κ2) is 9.05. The van der Waals surface area contributed by atoms with Crippen molar-refractivity contribution in [1.82, 2.24) is 10.2 Å². The summed E-state index contributed by atoms with van der Waals surface area (Å²) in [6.45, 7) is 5.01. The van der Waals surface area contributed by atoms with Crippen molar-refractivity contribution in [3.63, 3.8) is 0 Å². The Hall–Kier alpha value is -3.31. The van der Waals surface area contributed by atoms with Crippen LogP contribution in [-0.4, -0.2) is 43.5 Å². The van der Waals surface area contributed by atoms with Crippen molar-refractivity contribution < 1.29 is 4.79 Å². The second-order valence-electron chi connectivity index (χ2n) is 8.70. The minimum atomic E-state index is -0.189. The summed E-state index contributed by atoms with van der Waals surface area (Å²) in [6, 6.07) is 26.5. The molecule has 0 aromatic heterocycles. The van der Waals surface area contributed by atoms with Crippen LogP contribution in [0.15, 0.2) is 78.9 Å². The molecule has 0 bridgehead atoms. The van der Waals surface area contributed by atoms with Gasteiger partial charge in [0.1, 0.15) is 0 Å². The number of hydrogen-bond donors (Lipinski definition) is 2. The number of nitrogens with two attached hydrogens (primary N) is 1. The normalized spacial score (nSPS) is 21.1. The molecule has 2 aliphatic rings. The summed E-state index contributed by atoms with van der Waals surface area (Å²) < 4.78 is 0. The Morgan fingerprint density at radius 3 is 2.12 bits per heavy atom. The average Bonchev–Trinajstić information content (AvgIpc) is 2.84. The molecular weight excluding hydrogens is 396 g/mol. The van der Waals surface area contributed by atoms with Crippen LogP contribution in [0.5, 0.6) is 0 Å².